The van der Waals surface area contributed by atoms with E-state index in [4.69, 9.17) is 0 Å². The third-order valence-electron chi connectivity index (χ3n) is 1.54. The molecule has 1 radical (unpaired) electrons. The van der Waals surface area contributed by atoms with E-state index in [1.165, 1.54) is 23.0 Å². The molecule has 0 aromatic heterocycles. The van der Waals surface area contributed by atoms with Gasteiger partial charge < -0.3 is 0 Å². The predicted molar refractivity (Wildman–Crippen MR) is 57.4 cm³/mol. The van der Waals surface area contributed by atoms with Gasteiger partial charge in [-0.3, -0.25) is 0 Å². The van der Waals surface area contributed by atoms with E-state index in [1.54, 1.807) is 0 Å². The van der Waals surface area contributed by atoms with Crippen molar-refractivity contribution in [3.63, 3.8) is 0 Å². The van der Waals surface area contributed by atoms with Gasteiger partial charge in [0.05, 0.1) is 0 Å². The normalized spacial score (nSPS) is 25.1. The molecular formula is C6H10S4Y. The van der Waals surface area contributed by atoms with Gasteiger partial charge in [0.2, 0.25) is 0 Å². The van der Waals surface area contributed by atoms with Gasteiger partial charge in [0.1, 0.15) is 0 Å². The van der Waals surface area contributed by atoms with E-state index in [-0.39, 0.29) is 32.7 Å². The zero-order chi connectivity index (χ0) is 6.81. The Morgan fingerprint density at radius 2 is 1.18 bits per heavy atom. The van der Waals surface area contributed by atoms with Crippen LogP contribution in [0.4, 0.5) is 0 Å². The van der Waals surface area contributed by atoms with E-state index in [9.17, 15) is 0 Å². The minimum Gasteiger partial charge on any atom is -0.160 e. The second-order valence-electron chi connectivity index (χ2n) is 2.51. The Kier molecular flexibility index (Phi) is 6.39. The van der Waals surface area contributed by atoms with Crippen molar-refractivity contribution in [1.82, 2.24) is 0 Å². The van der Waals surface area contributed by atoms with Crippen molar-refractivity contribution >= 4 is 45.1 Å². The Labute approximate surface area is 110 Å². The molecule has 2 aliphatic rings. The Bertz CT molecular complexity index is 99.1. The molecule has 0 N–H and O–H groups in total. The summed E-state index contributed by atoms with van der Waals surface area (Å²) in [5, 5.41) is 1.97. The number of rotatable bonds is 3. The quantitative estimate of drug-likeness (QED) is 0.734. The Balaban J connectivity index is 0.000000605. The molecule has 5 heteroatoms. The third kappa shape index (κ3) is 3.63. The fraction of sp³-hybridized carbons (Fsp3) is 1.00. The summed E-state index contributed by atoms with van der Waals surface area (Å²) in [6.45, 7) is 0. The molecule has 0 amide bonds. The first-order chi connectivity index (χ1) is 4.95. The van der Waals surface area contributed by atoms with Gasteiger partial charge in [-0.1, -0.05) is 21.6 Å². The van der Waals surface area contributed by atoms with E-state index in [0.29, 0.717) is 0 Å². The molecule has 0 saturated carbocycles. The second kappa shape index (κ2) is 6.08. The maximum atomic E-state index is 2.13. The first-order valence-corrected chi connectivity index (χ1v) is 8.01. The van der Waals surface area contributed by atoms with Crippen LogP contribution in [0.2, 0.25) is 0 Å². The van der Waals surface area contributed by atoms with Crippen molar-refractivity contribution in [3.05, 3.63) is 0 Å². The van der Waals surface area contributed by atoms with Crippen LogP contribution in [0.25, 0.3) is 0 Å². The molecule has 2 aliphatic heterocycles. The molecule has 0 spiro atoms. The zero-order valence-electron chi connectivity index (χ0n) is 6.19. The maximum absolute atomic E-state index is 2.13. The first kappa shape index (κ1) is 11.6. The monoisotopic (exact) mass is 299 g/mol. The molecule has 2 saturated heterocycles. The molecule has 11 heavy (non-hydrogen) atoms. The molecule has 0 bridgehead atoms. The van der Waals surface area contributed by atoms with Crippen LogP contribution in [0.1, 0.15) is 0 Å². The van der Waals surface area contributed by atoms with Crippen LogP contribution in [0.3, 0.4) is 0 Å². The molecule has 0 unspecified atom stereocenters. The summed E-state index contributed by atoms with van der Waals surface area (Å²) >= 11 is 4.17. The summed E-state index contributed by atoms with van der Waals surface area (Å²) in [6.07, 6.45) is 0. The fourth-order valence-corrected chi connectivity index (χ4v) is 6.85. The molecule has 61 valence electrons. The summed E-state index contributed by atoms with van der Waals surface area (Å²) in [5.41, 5.74) is 0. The second-order valence-corrected chi connectivity index (χ2v) is 7.53. The van der Waals surface area contributed by atoms with E-state index in [1.807, 2.05) is 0 Å². The fourth-order valence-electron chi connectivity index (χ4n) is 0.696. The van der Waals surface area contributed by atoms with Crippen molar-refractivity contribution < 1.29 is 32.7 Å². The standard InChI is InChI=1S/C6H10S4.Y/c1-5(2-7-1)9-10-6-3-8-4-6;/h5-6H,1-4H2;. The van der Waals surface area contributed by atoms with Gasteiger partial charge in [0.15, 0.2) is 0 Å². The summed E-state index contributed by atoms with van der Waals surface area (Å²) in [5.74, 6) is 5.60. The predicted octanol–water partition coefficient (Wildman–Crippen LogP) is 2.60. The van der Waals surface area contributed by atoms with Crippen molar-refractivity contribution in [2.45, 2.75) is 10.5 Å². The number of thioether (sulfide) groups is 2. The smallest absolute Gasteiger partial charge is 0.0332 e. The average molecular weight is 299 g/mol. The molecule has 2 fully saturated rings. The molecule has 0 atom stereocenters. The molecule has 0 aliphatic carbocycles. The third-order valence-corrected chi connectivity index (χ3v) is 8.23. The Morgan fingerprint density at radius 3 is 1.36 bits per heavy atom. The van der Waals surface area contributed by atoms with Crippen LogP contribution in [-0.4, -0.2) is 33.5 Å². The van der Waals surface area contributed by atoms with Crippen LogP contribution < -0.4 is 0 Å². The van der Waals surface area contributed by atoms with Crippen LogP contribution in [-0.2, 0) is 32.7 Å². The van der Waals surface area contributed by atoms with Crippen LogP contribution >= 0.6 is 45.1 Å². The minimum atomic E-state index is 0. The van der Waals surface area contributed by atoms with Crippen molar-refractivity contribution in [3.8, 4) is 0 Å². The average Bonchev–Trinajstić information content (AvgIpc) is 1.70. The molecular weight excluding hydrogens is 289 g/mol. The Morgan fingerprint density at radius 1 is 0.818 bits per heavy atom. The molecule has 2 rings (SSSR count). The molecule has 0 aromatic carbocycles. The minimum absolute atomic E-state index is 0. The molecule has 2 heterocycles. The first-order valence-electron chi connectivity index (χ1n) is 3.43. The SMILES string of the molecule is C1SCC1SSC1CSC1.[Y]. The van der Waals surface area contributed by atoms with Crippen LogP contribution in [0.5, 0.6) is 0 Å². The largest absolute Gasteiger partial charge is 0.160 e. The Hall–Kier alpha value is 2.50. The van der Waals surface area contributed by atoms with Gasteiger partial charge in [-0.15, -0.1) is 0 Å². The van der Waals surface area contributed by atoms with Crippen molar-refractivity contribution in [1.29, 1.82) is 0 Å². The van der Waals surface area contributed by atoms with Crippen LogP contribution in [0.15, 0.2) is 0 Å². The van der Waals surface area contributed by atoms with Crippen molar-refractivity contribution in [2.75, 3.05) is 23.0 Å². The molecule has 0 nitrogen and oxygen atoms in total. The number of hydrogen-bond donors (Lipinski definition) is 0. The van der Waals surface area contributed by atoms with E-state index in [2.05, 4.69) is 45.1 Å². The molecule has 0 aromatic rings. The van der Waals surface area contributed by atoms with Gasteiger partial charge in [0, 0.05) is 66.2 Å². The van der Waals surface area contributed by atoms with Crippen LogP contribution in [0, 0.1) is 0 Å². The van der Waals surface area contributed by atoms with E-state index in [0.717, 1.165) is 10.5 Å². The number of hydrogen-bond acceptors (Lipinski definition) is 4. The van der Waals surface area contributed by atoms with Gasteiger partial charge in [-0.25, -0.2) is 0 Å². The van der Waals surface area contributed by atoms with Gasteiger partial charge in [-0.05, 0) is 0 Å². The maximum Gasteiger partial charge on any atom is 0.0332 e. The summed E-state index contributed by atoms with van der Waals surface area (Å²) in [6, 6.07) is 0. The van der Waals surface area contributed by atoms with Gasteiger partial charge in [-0.2, -0.15) is 23.5 Å². The van der Waals surface area contributed by atoms with E-state index < -0.39 is 0 Å². The van der Waals surface area contributed by atoms with E-state index >= 15 is 0 Å². The summed E-state index contributed by atoms with van der Waals surface area (Å²) < 4.78 is 0. The van der Waals surface area contributed by atoms with Gasteiger partial charge in [0.25, 0.3) is 0 Å². The van der Waals surface area contributed by atoms with Gasteiger partial charge >= 0.3 is 0 Å². The topological polar surface area (TPSA) is 0 Å². The summed E-state index contributed by atoms with van der Waals surface area (Å²) in [7, 11) is 4.26. The summed E-state index contributed by atoms with van der Waals surface area (Å²) in [4.78, 5) is 0. The zero-order valence-corrected chi connectivity index (χ0v) is 12.3. The van der Waals surface area contributed by atoms with Crippen molar-refractivity contribution in [2.24, 2.45) is 0 Å².